The van der Waals surface area contributed by atoms with E-state index < -0.39 is 28.9 Å². The van der Waals surface area contributed by atoms with Crippen molar-refractivity contribution in [3.63, 3.8) is 0 Å². The van der Waals surface area contributed by atoms with Gasteiger partial charge in [-0.1, -0.05) is 24.3 Å². The van der Waals surface area contributed by atoms with Crippen LogP contribution in [0.2, 0.25) is 0 Å². The molecule has 2 amide bonds. The first-order valence-corrected chi connectivity index (χ1v) is 9.43. The summed E-state index contributed by atoms with van der Waals surface area (Å²) in [6.45, 7) is 5.90. The van der Waals surface area contributed by atoms with Gasteiger partial charge in [0, 0.05) is 13.1 Å². The molecule has 2 N–H and O–H groups in total. The molecule has 3 rings (SSSR count). The number of ether oxygens (including phenoxy) is 1. The number of hydrogen-bond acceptors (Lipinski definition) is 4. The van der Waals surface area contributed by atoms with E-state index in [0.29, 0.717) is 18.9 Å². The van der Waals surface area contributed by atoms with Gasteiger partial charge in [0.1, 0.15) is 5.60 Å². The number of likely N-dealkylation sites (tertiary alicyclic amines) is 1. The van der Waals surface area contributed by atoms with Gasteiger partial charge in [0.2, 0.25) is 5.91 Å². The molecule has 144 valence electrons. The predicted octanol–water partition coefficient (Wildman–Crippen LogP) is 3.28. The summed E-state index contributed by atoms with van der Waals surface area (Å²) in [6, 6.07) is 10.2. The second-order valence-corrected chi connectivity index (χ2v) is 8.70. The van der Waals surface area contributed by atoms with Gasteiger partial charge in [-0.3, -0.25) is 4.79 Å². The van der Waals surface area contributed by atoms with Crippen molar-refractivity contribution in [1.82, 2.24) is 4.90 Å². The third-order valence-corrected chi connectivity index (χ3v) is 5.33. The minimum absolute atomic E-state index is 0.135. The Bertz CT molecular complexity index is 771. The zero-order valence-electron chi connectivity index (χ0n) is 16.2. The number of hydrogen-bond donors (Lipinski definition) is 1. The highest BCUT2D eigenvalue weighted by atomic mass is 16.6. The van der Waals surface area contributed by atoms with Crippen LogP contribution in [0.5, 0.6) is 0 Å². The molecule has 1 aromatic carbocycles. The van der Waals surface area contributed by atoms with Crippen molar-refractivity contribution in [2.75, 3.05) is 13.1 Å². The van der Waals surface area contributed by atoms with Gasteiger partial charge in [-0.25, -0.2) is 4.79 Å². The number of nitriles is 1. The average Bonchev–Trinajstić information content (AvgIpc) is 3.34. The van der Waals surface area contributed by atoms with Crippen LogP contribution in [0.25, 0.3) is 0 Å². The van der Waals surface area contributed by atoms with E-state index in [1.165, 1.54) is 23.3 Å². The number of carbonyl (C=O) groups excluding carboxylic acids is 2. The molecule has 0 bridgehead atoms. The Morgan fingerprint density at radius 3 is 2.41 bits per heavy atom. The largest absolute Gasteiger partial charge is 0.444 e. The van der Waals surface area contributed by atoms with Gasteiger partial charge in [0.05, 0.1) is 17.4 Å². The molecule has 2 aliphatic rings. The summed E-state index contributed by atoms with van der Waals surface area (Å²) < 4.78 is 5.42. The fourth-order valence-electron chi connectivity index (χ4n) is 3.84. The smallest absolute Gasteiger partial charge is 0.410 e. The maximum absolute atomic E-state index is 12.4. The van der Waals surface area contributed by atoms with E-state index in [1.807, 2.05) is 24.3 Å². The van der Waals surface area contributed by atoms with E-state index in [-0.39, 0.29) is 6.54 Å². The summed E-state index contributed by atoms with van der Waals surface area (Å²) in [7, 11) is 0. The van der Waals surface area contributed by atoms with Crippen LogP contribution in [0.4, 0.5) is 4.79 Å². The van der Waals surface area contributed by atoms with E-state index in [9.17, 15) is 14.9 Å². The van der Waals surface area contributed by atoms with Gasteiger partial charge in [0.15, 0.2) is 0 Å². The van der Waals surface area contributed by atoms with Gasteiger partial charge in [-0.2, -0.15) is 5.26 Å². The Morgan fingerprint density at radius 1 is 1.30 bits per heavy atom. The highest BCUT2D eigenvalue weighted by Crippen LogP contribution is 2.45. The molecular weight excluding hydrogens is 342 g/mol. The lowest BCUT2D eigenvalue weighted by atomic mass is 9.71. The van der Waals surface area contributed by atoms with Crippen molar-refractivity contribution < 1.29 is 14.3 Å². The van der Waals surface area contributed by atoms with Crippen molar-refractivity contribution in [2.24, 2.45) is 11.1 Å². The summed E-state index contributed by atoms with van der Waals surface area (Å²) in [4.78, 5) is 26.2. The number of rotatable bonds is 4. The summed E-state index contributed by atoms with van der Waals surface area (Å²) in [6.07, 6.45) is 2.32. The molecule has 27 heavy (non-hydrogen) atoms. The molecule has 6 heteroatoms. The van der Waals surface area contributed by atoms with Gasteiger partial charge < -0.3 is 15.4 Å². The molecule has 1 heterocycles. The van der Waals surface area contributed by atoms with Crippen LogP contribution >= 0.6 is 0 Å². The number of amides is 2. The summed E-state index contributed by atoms with van der Waals surface area (Å²) in [5, 5.41) is 9.95. The number of nitrogens with two attached hydrogens (primary N) is 1. The molecule has 0 aromatic heterocycles. The van der Waals surface area contributed by atoms with Crippen LogP contribution in [0.1, 0.15) is 63.0 Å². The summed E-state index contributed by atoms with van der Waals surface area (Å²) in [5.74, 6) is -0.685. The number of carbonyl (C=O) groups is 2. The molecule has 1 saturated carbocycles. The molecule has 0 spiro atoms. The Labute approximate surface area is 160 Å². The van der Waals surface area contributed by atoms with E-state index in [0.717, 1.165) is 5.56 Å². The second-order valence-electron chi connectivity index (χ2n) is 8.70. The van der Waals surface area contributed by atoms with E-state index in [2.05, 4.69) is 6.07 Å². The zero-order valence-corrected chi connectivity index (χ0v) is 16.2. The Kier molecular flexibility index (Phi) is 4.90. The first-order valence-electron chi connectivity index (χ1n) is 9.43. The fraction of sp³-hybridized carbons (Fsp3) is 0.571. The lowest BCUT2D eigenvalue weighted by Crippen LogP contribution is -2.41. The van der Waals surface area contributed by atoms with Crippen LogP contribution in [-0.2, 0) is 9.53 Å². The fourth-order valence-corrected chi connectivity index (χ4v) is 3.84. The van der Waals surface area contributed by atoms with E-state index in [4.69, 9.17) is 10.5 Å². The molecule has 6 nitrogen and oxygen atoms in total. The van der Waals surface area contributed by atoms with Crippen molar-refractivity contribution in [1.29, 1.82) is 5.26 Å². The highest BCUT2D eigenvalue weighted by Gasteiger charge is 2.50. The topological polar surface area (TPSA) is 96.4 Å². The molecular formula is C21H27N3O3. The maximum Gasteiger partial charge on any atom is 0.410 e. The molecule has 2 atom stereocenters. The van der Waals surface area contributed by atoms with E-state index in [1.54, 1.807) is 20.8 Å². The molecule has 2 unspecified atom stereocenters. The zero-order chi connectivity index (χ0) is 19.8. The summed E-state index contributed by atoms with van der Waals surface area (Å²) in [5.41, 5.74) is 6.06. The average molecular weight is 369 g/mol. The van der Waals surface area contributed by atoms with Crippen LogP contribution in [0.15, 0.2) is 24.3 Å². The van der Waals surface area contributed by atoms with Crippen molar-refractivity contribution in [2.45, 2.75) is 57.5 Å². The lowest BCUT2D eigenvalue weighted by molar-refractivity contribution is -0.121. The lowest BCUT2D eigenvalue weighted by Gasteiger charge is -2.30. The van der Waals surface area contributed by atoms with Crippen LogP contribution in [-0.4, -0.2) is 35.6 Å². The van der Waals surface area contributed by atoms with Crippen molar-refractivity contribution in [3.05, 3.63) is 35.4 Å². The standard InChI is InChI=1S/C21H27N3O3/c1-20(2,3)27-19(26)24-11-10-21(12-22,13-24)17(18(23)25)16-8-6-15(7-9-16)14-4-5-14/h6-9,14,17H,4-5,10-11,13H2,1-3H3,(H2,23,25). The normalized spacial score (nSPS) is 23.6. The quantitative estimate of drug-likeness (QED) is 0.881. The molecule has 0 radical (unpaired) electrons. The molecule has 2 fully saturated rings. The Morgan fingerprint density at radius 2 is 1.93 bits per heavy atom. The van der Waals surface area contributed by atoms with Crippen LogP contribution in [0.3, 0.4) is 0 Å². The maximum atomic E-state index is 12.4. The molecule has 1 aromatic rings. The molecule has 1 aliphatic heterocycles. The highest BCUT2D eigenvalue weighted by molar-refractivity contribution is 5.84. The summed E-state index contributed by atoms with van der Waals surface area (Å²) >= 11 is 0. The monoisotopic (exact) mass is 369 g/mol. The number of benzene rings is 1. The predicted molar refractivity (Wildman–Crippen MR) is 101 cm³/mol. The van der Waals surface area contributed by atoms with Gasteiger partial charge in [0.25, 0.3) is 0 Å². The van der Waals surface area contributed by atoms with Gasteiger partial charge in [-0.15, -0.1) is 0 Å². The third kappa shape index (κ3) is 4.08. The van der Waals surface area contributed by atoms with Crippen LogP contribution < -0.4 is 5.73 Å². The number of primary amides is 1. The first-order chi connectivity index (χ1) is 12.6. The SMILES string of the molecule is CC(C)(C)OC(=O)N1CCC(C#N)(C(C(N)=O)c2ccc(C3CC3)cc2)C1. The molecule has 1 saturated heterocycles. The molecule has 1 aliphatic carbocycles. The minimum atomic E-state index is -1.04. The Hall–Kier alpha value is -2.55. The van der Waals surface area contributed by atoms with Gasteiger partial charge >= 0.3 is 6.09 Å². The minimum Gasteiger partial charge on any atom is -0.444 e. The van der Waals surface area contributed by atoms with Gasteiger partial charge in [-0.05, 0) is 57.1 Å². The second kappa shape index (κ2) is 6.88. The van der Waals surface area contributed by atoms with E-state index >= 15 is 0 Å². The van der Waals surface area contributed by atoms with Crippen molar-refractivity contribution in [3.8, 4) is 6.07 Å². The first kappa shape index (κ1) is 19.2. The van der Waals surface area contributed by atoms with Crippen LogP contribution in [0, 0.1) is 16.7 Å². The number of nitrogens with zero attached hydrogens (tertiary/aromatic N) is 2. The van der Waals surface area contributed by atoms with Crippen molar-refractivity contribution >= 4 is 12.0 Å². The Balaban J connectivity index is 1.83. The third-order valence-electron chi connectivity index (χ3n) is 5.33.